The summed E-state index contributed by atoms with van der Waals surface area (Å²) in [6.45, 7) is 7.07. The van der Waals surface area contributed by atoms with E-state index in [1.807, 2.05) is 20.8 Å². The minimum absolute atomic E-state index is 0.118. The van der Waals surface area contributed by atoms with Crippen molar-refractivity contribution in [1.29, 1.82) is 0 Å². The van der Waals surface area contributed by atoms with Crippen molar-refractivity contribution in [1.82, 2.24) is 13.7 Å². The molecule has 1 aromatic heterocycles. The highest BCUT2D eigenvalue weighted by molar-refractivity contribution is 6.59. The molecule has 0 bridgehead atoms. The molecule has 1 aromatic rings. The molecular formula is C15H29N3O6Si. The SMILES string of the molecule is CCCO[Si](Cn1c(=O)n(C)c(=O)n(C)c1=O)(OCCC)OCCC. The predicted molar refractivity (Wildman–Crippen MR) is 95.7 cm³/mol. The summed E-state index contributed by atoms with van der Waals surface area (Å²) in [6.07, 6.45) is 2.13. The summed E-state index contributed by atoms with van der Waals surface area (Å²) < 4.78 is 20.5. The molecule has 1 heterocycles. The minimum Gasteiger partial charge on any atom is -0.372 e. The van der Waals surface area contributed by atoms with Crippen molar-refractivity contribution < 1.29 is 13.3 Å². The van der Waals surface area contributed by atoms with Crippen molar-refractivity contribution in [3.63, 3.8) is 0 Å². The van der Waals surface area contributed by atoms with Crippen molar-refractivity contribution in [3.05, 3.63) is 31.5 Å². The van der Waals surface area contributed by atoms with E-state index in [0.29, 0.717) is 19.8 Å². The predicted octanol–water partition coefficient (Wildman–Crippen LogP) is 0.00360. The van der Waals surface area contributed by atoms with Gasteiger partial charge in [-0.1, -0.05) is 20.8 Å². The van der Waals surface area contributed by atoms with Crippen LogP contribution in [-0.2, 0) is 33.5 Å². The lowest BCUT2D eigenvalue weighted by atomic mass is 10.5. The molecule has 0 radical (unpaired) electrons. The fraction of sp³-hybridized carbons (Fsp3) is 0.800. The summed E-state index contributed by atoms with van der Waals surface area (Å²) >= 11 is 0. The number of nitrogens with zero attached hydrogens (tertiary/aromatic N) is 3. The van der Waals surface area contributed by atoms with E-state index in [1.165, 1.54) is 14.1 Å². The van der Waals surface area contributed by atoms with Gasteiger partial charge in [-0.05, 0) is 19.3 Å². The maximum Gasteiger partial charge on any atom is 0.522 e. The molecule has 144 valence electrons. The Kier molecular flexibility index (Phi) is 8.49. The average Bonchev–Trinajstić information content (AvgIpc) is 2.62. The third-order valence-corrected chi connectivity index (χ3v) is 6.17. The first-order valence-electron chi connectivity index (χ1n) is 8.62. The van der Waals surface area contributed by atoms with Crippen LogP contribution in [0.3, 0.4) is 0 Å². The van der Waals surface area contributed by atoms with Crippen LogP contribution in [0.1, 0.15) is 40.0 Å². The molecule has 0 N–H and O–H groups in total. The summed E-state index contributed by atoms with van der Waals surface area (Å²) in [7, 11) is -0.631. The Morgan fingerprint density at radius 1 is 0.720 bits per heavy atom. The van der Waals surface area contributed by atoms with Gasteiger partial charge >= 0.3 is 25.9 Å². The van der Waals surface area contributed by atoms with E-state index in [4.69, 9.17) is 13.3 Å². The van der Waals surface area contributed by atoms with Crippen molar-refractivity contribution in [3.8, 4) is 0 Å². The average molecular weight is 375 g/mol. The Bertz CT molecular complexity index is 661. The quantitative estimate of drug-likeness (QED) is 0.506. The highest BCUT2D eigenvalue weighted by Crippen LogP contribution is 2.13. The molecule has 0 atom stereocenters. The van der Waals surface area contributed by atoms with Crippen LogP contribution >= 0.6 is 0 Å². The Labute approximate surface area is 148 Å². The van der Waals surface area contributed by atoms with Gasteiger partial charge in [0, 0.05) is 33.9 Å². The Morgan fingerprint density at radius 3 is 1.40 bits per heavy atom. The van der Waals surface area contributed by atoms with E-state index in [0.717, 1.165) is 33.0 Å². The van der Waals surface area contributed by atoms with Crippen LogP contribution in [-0.4, -0.2) is 42.3 Å². The molecule has 0 saturated carbocycles. The Balaban J connectivity index is 3.39. The fourth-order valence-electron chi connectivity index (χ4n) is 2.20. The van der Waals surface area contributed by atoms with E-state index in [-0.39, 0.29) is 6.17 Å². The van der Waals surface area contributed by atoms with Crippen LogP contribution < -0.4 is 17.1 Å². The van der Waals surface area contributed by atoms with Crippen LogP contribution in [0.5, 0.6) is 0 Å². The van der Waals surface area contributed by atoms with Crippen molar-refractivity contribution in [2.45, 2.75) is 46.2 Å². The molecule has 0 fully saturated rings. The zero-order chi connectivity index (χ0) is 19.0. The molecule has 10 heteroatoms. The zero-order valence-corrected chi connectivity index (χ0v) is 16.7. The molecule has 1 rings (SSSR count). The van der Waals surface area contributed by atoms with Gasteiger partial charge in [0.1, 0.15) is 6.17 Å². The summed E-state index contributed by atoms with van der Waals surface area (Å²) in [5.41, 5.74) is -2.08. The largest absolute Gasteiger partial charge is 0.522 e. The van der Waals surface area contributed by atoms with Gasteiger partial charge in [-0.25, -0.2) is 28.1 Å². The lowest BCUT2D eigenvalue weighted by Gasteiger charge is -2.29. The third kappa shape index (κ3) is 5.24. The summed E-state index contributed by atoms with van der Waals surface area (Å²) in [4.78, 5) is 36.7. The smallest absolute Gasteiger partial charge is 0.372 e. The Hall–Kier alpha value is -1.49. The number of aromatic nitrogens is 3. The second-order valence-electron chi connectivity index (χ2n) is 5.78. The van der Waals surface area contributed by atoms with Gasteiger partial charge in [0.25, 0.3) is 0 Å². The van der Waals surface area contributed by atoms with Crippen LogP contribution in [0, 0.1) is 0 Å². The van der Waals surface area contributed by atoms with Crippen LogP contribution in [0.4, 0.5) is 0 Å². The molecule has 25 heavy (non-hydrogen) atoms. The van der Waals surface area contributed by atoms with Crippen molar-refractivity contribution >= 4 is 8.80 Å². The van der Waals surface area contributed by atoms with Crippen LogP contribution in [0.25, 0.3) is 0 Å². The van der Waals surface area contributed by atoms with Gasteiger partial charge in [-0.2, -0.15) is 0 Å². The maximum absolute atomic E-state index is 12.4. The normalized spacial score (nSPS) is 11.9. The first-order chi connectivity index (χ1) is 11.8. The van der Waals surface area contributed by atoms with Crippen LogP contribution in [0.15, 0.2) is 14.4 Å². The first kappa shape index (κ1) is 21.5. The molecule has 0 aliphatic carbocycles. The molecule has 0 aliphatic heterocycles. The molecule has 0 spiro atoms. The van der Waals surface area contributed by atoms with E-state index >= 15 is 0 Å². The highest BCUT2D eigenvalue weighted by Gasteiger charge is 2.43. The van der Waals surface area contributed by atoms with Gasteiger partial charge in [-0.15, -0.1) is 0 Å². The zero-order valence-electron chi connectivity index (χ0n) is 15.7. The topological polar surface area (TPSA) is 93.7 Å². The third-order valence-electron chi connectivity index (χ3n) is 3.54. The summed E-state index contributed by atoms with van der Waals surface area (Å²) in [5, 5.41) is 0. The molecule has 0 unspecified atom stereocenters. The fourth-order valence-corrected chi connectivity index (χ4v) is 4.92. The summed E-state index contributed by atoms with van der Waals surface area (Å²) in [5.74, 6) is 0. The van der Waals surface area contributed by atoms with E-state index in [2.05, 4.69) is 0 Å². The molecule has 0 aromatic carbocycles. The van der Waals surface area contributed by atoms with Gasteiger partial charge < -0.3 is 13.3 Å². The monoisotopic (exact) mass is 375 g/mol. The van der Waals surface area contributed by atoms with Gasteiger partial charge in [0.05, 0.1) is 0 Å². The summed E-state index contributed by atoms with van der Waals surface area (Å²) in [6, 6.07) is 0. The van der Waals surface area contributed by atoms with Gasteiger partial charge in [-0.3, -0.25) is 0 Å². The minimum atomic E-state index is -3.29. The molecule has 0 amide bonds. The maximum atomic E-state index is 12.4. The van der Waals surface area contributed by atoms with Crippen molar-refractivity contribution in [2.75, 3.05) is 19.8 Å². The van der Waals surface area contributed by atoms with E-state index < -0.39 is 25.9 Å². The molecule has 0 saturated heterocycles. The number of hydrogen-bond donors (Lipinski definition) is 0. The lowest BCUT2D eigenvalue weighted by Crippen LogP contribution is -2.59. The second-order valence-corrected chi connectivity index (χ2v) is 8.33. The van der Waals surface area contributed by atoms with Gasteiger partial charge in [0.15, 0.2) is 0 Å². The van der Waals surface area contributed by atoms with Crippen LogP contribution in [0.2, 0.25) is 0 Å². The molecular weight excluding hydrogens is 346 g/mol. The van der Waals surface area contributed by atoms with Crippen molar-refractivity contribution in [2.24, 2.45) is 14.1 Å². The first-order valence-corrected chi connectivity index (χ1v) is 10.5. The Morgan fingerprint density at radius 2 is 1.08 bits per heavy atom. The highest BCUT2D eigenvalue weighted by atomic mass is 28.4. The molecule has 9 nitrogen and oxygen atoms in total. The van der Waals surface area contributed by atoms with E-state index in [1.54, 1.807) is 0 Å². The lowest BCUT2D eigenvalue weighted by molar-refractivity contribution is 0.0521. The van der Waals surface area contributed by atoms with E-state index in [9.17, 15) is 14.4 Å². The number of rotatable bonds is 11. The van der Waals surface area contributed by atoms with Gasteiger partial charge in [0.2, 0.25) is 0 Å². The second kappa shape index (κ2) is 9.85. The molecule has 0 aliphatic rings. The number of hydrogen-bond acceptors (Lipinski definition) is 6. The standard InChI is InChI=1S/C15H29N3O6Si/c1-6-9-22-25(23-10-7-2,24-11-8-3)12-18-14(20)16(4)13(19)17(5)15(18)21/h6-12H2,1-5H3.